The third-order valence-corrected chi connectivity index (χ3v) is 3.29. The number of nitrogens with zero attached hydrogens (tertiary/aromatic N) is 1. The second kappa shape index (κ2) is 7.98. The highest BCUT2D eigenvalue weighted by Gasteiger charge is 1.98. The van der Waals surface area contributed by atoms with Crippen molar-refractivity contribution < 1.29 is 4.74 Å². The zero-order valence-electron chi connectivity index (χ0n) is 11.0. The minimum absolute atomic E-state index is 0.643. The summed E-state index contributed by atoms with van der Waals surface area (Å²) in [6.45, 7) is 1.54. The van der Waals surface area contributed by atoms with Gasteiger partial charge in [-0.05, 0) is 43.2 Å². The van der Waals surface area contributed by atoms with Crippen LogP contribution >= 0.6 is 23.2 Å². The second-order valence-electron chi connectivity index (χ2n) is 4.29. The van der Waals surface area contributed by atoms with E-state index in [2.05, 4.69) is 10.3 Å². The molecule has 106 valence electrons. The maximum atomic E-state index is 6.00. The first kappa shape index (κ1) is 14.9. The summed E-state index contributed by atoms with van der Waals surface area (Å²) in [5.41, 5.74) is 0.917. The molecule has 0 aliphatic carbocycles. The number of pyridine rings is 1. The molecule has 0 saturated heterocycles. The van der Waals surface area contributed by atoms with Gasteiger partial charge in [0.15, 0.2) is 0 Å². The number of benzene rings is 1. The van der Waals surface area contributed by atoms with E-state index in [1.54, 1.807) is 12.4 Å². The van der Waals surface area contributed by atoms with Crippen molar-refractivity contribution in [3.63, 3.8) is 0 Å². The van der Waals surface area contributed by atoms with E-state index < -0.39 is 0 Å². The highest BCUT2D eigenvalue weighted by molar-refractivity contribution is 6.33. The van der Waals surface area contributed by atoms with Crippen molar-refractivity contribution in [2.24, 2.45) is 0 Å². The van der Waals surface area contributed by atoms with E-state index in [1.807, 2.05) is 30.3 Å². The lowest BCUT2D eigenvalue weighted by Gasteiger charge is -2.08. The Kier molecular flexibility index (Phi) is 5.96. The molecule has 2 aromatic rings. The van der Waals surface area contributed by atoms with Crippen LogP contribution in [0.2, 0.25) is 10.0 Å². The number of nitrogens with one attached hydrogen (secondary N) is 1. The Bertz CT molecular complexity index is 532. The molecule has 1 aromatic carbocycles. The fraction of sp³-hybridized carbons (Fsp3) is 0.267. The average molecular weight is 311 g/mol. The van der Waals surface area contributed by atoms with Gasteiger partial charge in [0.1, 0.15) is 5.75 Å². The first-order chi connectivity index (χ1) is 9.75. The number of aromatic nitrogens is 1. The molecule has 0 unspecified atom stereocenters. The van der Waals surface area contributed by atoms with Crippen molar-refractivity contribution in [2.45, 2.75) is 12.8 Å². The van der Waals surface area contributed by atoms with Crippen LogP contribution in [0.3, 0.4) is 0 Å². The van der Waals surface area contributed by atoms with Crippen LogP contribution in [0.5, 0.6) is 5.75 Å². The van der Waals surface area contributed by atoms with E-state index in [9.17, 15) is 0 Å². The van der Waals surface area contributed by atoms with E-state index in [1.165, 1.54) is 0 Å². The summed E-state index contributed by atoms with van der Waals surface area (Å²) in [7, 11) is 0. The average Bonchev–Trinajstić information content (AvgIpc) is 2.46. The summed E-state index contributed by atoms with van der Waals surface area (Å²) < 4.78 is 5.61. The molecule has 1 N–H and O–H groups in total. The van der Waals surface area contributed by atoms with Gasteiger partial charge in [-0.1, -0.05) is 23.2 Å². The maximum absolute atomic E-state index is 6.00. The largest absolute Gasteiger partial charge is 0.494 e. The van der Waals surface area contributed by atoms with Gasteiger partial charge in [-0.15, -0.1) is 0 Å². The summed E-state index contributed by atoms with van der Waals surface area (Å²) >= 11 is 11.8. The Labute approximate surface area is 128 Å². The third-order valence-electron chi connectivity index (χ3n) is 2.74. The van der Waals surface area contributed by atoms with E-state index in [0.29, 0.717) is 11.6 Å². The molecule has 1 heterocycles. The number of hydrogen-bond donors (Lipinski definition) is 1. The smallest absolute Gasteiger partial charge is 0.119 e. The van der Waals surface area contributed by atoms with Crippen molar-refractivity contribution in [3.05, 3.63) is 52.8 Å². The number of anilines is 1. The Morgan fingerprint density at radius 3 is 2.60 bits per heavy atom. The first-order valence-corrected chi connectivity index (χ1v) is 7.23. The highest BCUT2D eigenvalue weighted by atomic mass is 35.5. The van der Waals surface area contributed by atoms with Crippen molar-refractivity contribution >= 4 is 28.9 Å². The van der Waals surface area contributed by atoms with Gasteiger partial charge in [-0.25, -0.2) is 0 Å². The zero-order valence-corrected chi connectivity index (χ0v) is 12.5. The maximum Gasteiger partial charge on any atom is 0.119 e. The van der Waals surface area contributed by atoms with Crippen LogP contribution in [0, 0.1) is 0 Å². The van der Waals surface area contributed by atoms with Gasteiger partial charge < -0.3 is 10.1 Å². The van der Waals surface area contributed by atoms with Crippen molar-refractivity contribution in [1.29, 1.82) is 0 Å². The summed E-state index contributed by atoms with van der Waals surface area (Å²) in [6.07, 6.45) is 5.33. The standard InChI is InChI=1S/C15H16Cl2N2O/c16-12-3-5-13(6-4-12)20-10-2-1-8-19-15-7-9-18-11-14(15)17/h3-7,9,11H,1-2,8,10H2,(H,18,19). The molecule has 0 aliphatic heterocycles. The Morgan fingerprint density at radius 1 is 1.05 bits per heavy atom. The van der Waals surface area contributed by atoms with Crippen molar-refractivity contribution in [3.8, 4) is 5.75 Å². The van der Waals surface area contributed by atoms with Gasteiger partial charge in [0.2, 0.25) is 0 Å². The number of unbranched alkanes of at least 4 members (excludes halogenated alkanes) is 1. The molecule has 0 bridgehead atoms. The molecule has 1 aromatic heterocycles. The van der Waals surface area contributed by atoms with Crippen LogP contribution in [0.1, 0.15) is 12.8 Å². The topological polar surface area (TPSA) is 34.1 Å². The Balaban J connectivity index is 1.60. The highest BCUT2D eigenvalue weighted by Crippen LogP contribution is 2.19. The number of ether oxygens (including phenoxy) is 1. The fourth-order valence-electron chi connectivity index (χ4n) is 1.69. The lowest BCUT2D eigenvalue weighted by Crippen LogP contribution is -2.05. The quantitative estimate of drug-likeness (QED) is 0.755. The predicted molar refractivity (Wildman–Crippen MR) is 83.9 cm³/mol. The van der Waals surface area contributed by atoms with Crippen LogP contribution in [0.25, 0.3) is 0 Å². The minimum Gasteiger partial charge on any atom is -0.494 e. The van der Waals surface area contributed by atoms with Gasteiger partial charge in [-0.3, -0.25) is 4.98 Å². The van der Waals surface area contributed by atoms with Gasteiger partial charge >= 0.3 is 0 Å². The second-order valence-corrected chi connectivity index (χ2v) is 5.14. The van der Waals surface area contributed by atoms with Crippen molar-refractivity contribution in [2.75, 3.05) is 18.5 Å². The molecule has 0 fully saturated rings. The molecular formula is C15H16Cl2N2O. The molecule has 0 aliphatic rings. The van der Waals surface area contributed by atoms with E-state index >= 15 is 0 Å². The molecule has 20 heavy (non-hydrogen) atoms. The molecule has 3 nitrogen and oxygen atoms in total. The normalized spacial score (nSPS) is 10.3. The van der Waals surface area contributed by atoms with E-state index in [-0.39, 0.29) is 0 Å². The number of rotatable bonds is 7. The van der Waals surface area contributed by atoms with Crippen LogP contribution in [-0.4, -0.2) is 18.1 Å². The van der Waals surface area contributed by atoms with E-state index in [4.69, 9.17) is 27.9 Å². The summed E-state index contributed by atoms with van der Waals surface area (Å²) in [4.78, 5) is 3.94. The number of hydrogen-bond acceptors (Lipinski definition) is 3. The fourth-order valence-corrected chi connectivity index (χ4v) is 2.00. The van der Waals surface area contributed by atoms with Gasteiger partial charge in [0.25, 0.3) is 0 Å². The molecule has 0 radical (unpaired) electrons. The zero-order chi connectivity index (χ0) is 14.2. The molecule has 0 spiro atoms. The summed E-state index contributed by atoms with van der Waals surface area (Å²) in [6, 6.07) is 9.26. The Hall–Kier alpha value is -1.45. The lowest BCUT2D eigenvalue weighted by atomic mass is 10.3. The van der Waals surface area contributed by atoms with Crippen LogP contribution < -0.4 is 10.1 Å². The van der Waals surface area contributed by atoms with Gasteiger partial charge in [0, 0.05) is 24.0 Å². The van der Waals surface area contributed by atoms with Crippen molar-refractivity contribution in [1.82, 2.24) is 4.98 Å². The predicted octanol–water partition coefficient (Wildman–Crippen LogP) is 4.66. The molecule has 0 amide bonds. The van der Waals surface area contributed by atoms with Crippen LogP contribution in [0.4, 0.5) is 5.69 Å². The Morgan fingerprint density at radius 2 is 1.85 bits per heavy atom. The molecule has 0 saturated carbocycles. The molecule has 5 heteroatoms. The summed E-state index contributed by atoms with van der Waals surface area (Å²) in [5.74, 6) is 0.847. The first-order valence-electron chi connectivity index (χ1n) is 6.47. The van der Waals surface area contributed by atoms with Gasteiger partial charge in [-0.2, -0.15) is 0 Å². The van der Waals surface area contributed by atoms with E-state index in [0.717, 1.165) is 35.8 Å². The molecule has 2 rings (SSSR count). The SMILES string of the molecule is Clc1ccc(OCCCCNc2ccncc2Cl)cc1. The summed E-state index contributed by atoms with van der Waals surface area (Å²) in [5, 5.41) is 4.64. The molecule has 0 atom stereocenters. The van der Waals surface area contributed by atoms with Gasteiger partial charge in [0.05, 0.1) is 17.3 Å². The van der Waals surface area contributed by atoms with Crippen LogP contribution in [0.15, 0.2) is 42.7 Å². The minimum atomic E-state index is 0.643. The molecular weight excluding hydrogens is 295 g/mol. The van der Waals surface area contributed by atoms with Crippen LogP contribution in [-0.2, 0) is 0 Å². The monoisotopic (exact) mass is 310 g/mol. The third kappa shape index (κ3) is 4.91. The lowest BCUT2D eigenvalue weighted by molar-refractivity contribution is 0.308. The number of halogens is 2.